The third kappa shape index (κ3) is 2.23. The molecule has 0 radical (unpaired) electrons. The van der Waals surface area contributed by atoms with Crippen LogP contribution in [0.1, 0.15) is 12.8 Å². The molecule has 1 atom stereocenters. The molecule has 80 valence electrons. The predicted octanol–water partition coefficient (Wildman–Crippen LogP) is 1.83. The topological polar surface area (TPSA) is 75.6 Å². The molecule has 1 unspecified atom stereocenters. The van der Waals surface area contributed by atoms with Crippen LogP contribution in [0, 0.1) is 17.2 Å². The second-order valence-corrected chi connectivity index (χ2v) is 3.48. The summed E-state index contributed by atoms with van der Waals surface area (Å²) in [5.41, 5.74) is 0.856. The molecule has 2 heterocycles. The molecule has 0 saturated heterocycles. The van der Waals surface area contributed by atoms with Gasteiger partial charge in [-0.15, -0.1) is 0 Å². The van der Waals surface area contributed by atoms with Crippen molar-refractivity contribution in [3.05, 3.63) is 30.4 Å². The zero-order chi connectivity index (χ0) is 11.4. The number of aromatic nitrogens is 3. The SMILES string of the molecule is CC(C#N)Cc1nc(-c2ccncc2)no1. The van der Waals surface area contributed by atoms with E-state index in [-0.39, 0.29) is 5.92 Å². The Balaban J connectivity index is 2.18. The highest BCUT2D eigenvalue weighted by Crippen LogP contribution is 2.15. The average Bonchev–Trinajstić information content (AvgIpc) is 2.78. The second-order valence-electron chi connectivity index (χ2n) is 3.48. The van der Waals surface area contributed by atoms with E-state index in [1.54, 1.807) is 12.4 Å². The molecule has 0 aliphatic carbocycles. The van der Waals surface area contributed by atoms with E-state index in [2.05, 4.69) is 21.2 Å². The van der Waals surface area contributed by atoms with Crippen LogP contribution in [0.25, 0.3) is 11.4 Å². The van der Waals surface area contributed by atoms with Gasteiger partial charge in [0.05, 0.1) is 12.0 Å². The maximum absolute atomic E-state index is 8.67. The lowest BCUT2D eigenvalue weighted by Crippen LogP contribution is -1.96. The molecule has 0 spiro atoms. The Hall–Kier alpha value is -2.22. The van der Waals surface area contributed by atoms with Gasteiger partial charge in [0.1, 0.15) is 0 Å². The molecule has 0 aliphatic heterocycles. The standard InChI is InChI=1S/C11H10N4O/c1-8(7-12)6-10-14-11(15-16-10)9-2-4-13-5-3-9/h2-5,8H,6H2,1H3. The van der Waals surface area contributed by atoms with E-state index in [0.29, 0.717) is 18.1 Å². The highest BCUT2D eigenvalue weighted by molar-refractivity contribution is 5.52. The summed E-state index contributed by atoms with van der Waals surface area (Å²) >= 11 is 0. The van der Waals surface area contributed by atoms with Crippen molar-refractivity contribution in [1.82, 2.24) is 15.1 Å². The van der Waals surface area contributed by atoms with Crippen molar-refractivity contribution in [2.75, 3.05) is 0 Å². The van der Waals surface area contributed by atoms with Crippen LogP contribution in [-0.4, -0.2) is 15.1 Å². The molecule has 2 rings (SSSR count). The first-order chi connectivity index (χ1) is 7.79. The quantitative estimate of drug-likeness (QED) is 0.779. The summed E-state index contributed by atoms with van der Waals surface area (Å²) in [6.45, 7) is 1.82. The minimum Gasteiger partial charge on any atom is -0.339 e. The second kappa shape index (κ2) is 4.53. The molecule has 5 nitrogen and oxygen atoms in total. The number of nitrogens with zero attached hydrogens (tertiary/aromatic N) is 4. The molecule has 0 aromatic carbocycles. The Kier molecular flexibility index (Phi) is 2.92. The molecule has 0 bridgehead atoms. The summed E-state index contributed by atoms with van der Waals surface area (Å²) < 4.78 is 5.06. The highest BCUT2D eigenvalue weighted by Gasteiger charge is 2.11. The van der Waals surface area contributed by atoms with Crippen LogP contribution in [0.15, 0.2) is 29.0 Å². The molecular weight excluding hydrogens is 204 g/mol. The van der Waals surface area contributed by atoms with Gasteiger partial charge in [0, 0.05) is 24.4 Å². The van der Waals surface area contributed by atoms with E-state index in [4.69, 9.17) is 9.78 Å². The third-order valence-electron chi connectivity index (χ3n) is 2.11. The summed E-state index contributed by atoms with van der Waals surface area (Å²) in [6, 6.07) is 5.74. The third-order valence-corrected chi connectivity index (χ3v) is 2.11. The maximum Gasteiger partial charge on any atom is 0.228 e. The molecular formula is C11H10N4O. The normalized spacial score (nSPS) is 12.0. The fraction of sp³-hybridized carbons (Fsp3) is 0.273. The molecule has 2 aromatic rings. The number of hydrogen-bond acceptors (Lipinski definition) is 5. The Bertz CT molecular complexity index is 500. The van der Waals surface area contributed by atoms with Crippen molar-refractivity contribution in [1.29, 1.82) is 5.26 Å². The molecule has 2 aromatic heterocycles. The van der Waals surface area contributed by atoms with E-state index in [0.717, 1.165) is 5.56 Å². The average molecular weight is 214 g/mol. The summed E-state index contributed by atoms with van der Waals surface area (Å²) in [7, 11) is 0. The van der Waals surface area contributed by atoms with Crippen molar-refractivity contribution < 1.29 is 4.52 Å². The van der Waals surface area contributed by atoms with E-state index in [1.807, 2.05) is 19.1 Å². The summed E-state index contributed by atoms with van der Waals surface area (Å²) in [4.78, 5) is 8.12. The van der Waals surface area contributed by atoms with Crippen LogP contribution in [0.4, 0.5) is 0 Å². The number of rotatable bonds is 3. The summed E-state index contributed by atoms with van der Waals surface area (Å²) in [5, 5.41) is 12.5. The van der Waals surface area contributed by atoms with Crippen molar-refractivity contribution in [2.24, 2.45) is 5.92 Å². The lowest BCUT2D eigenvalue weighted by Gasteiger charge is -1.93. The van der Waals surface area contributed by atoms with Crippen molar-refractivity contribution >= 4 is 0 Å². The molecule has 0 fully saturated rings. The molecule has 0 amide bonds. The van der Waals surface area contributed by atoms with E-state index in [1.165, 1.54) is 0 Å². The van der Waals surface area contributed by atoms with Gasteiger partial charge in [-0.2, -0.15) is 10.2 Å². The smallest absolute Gasteiger partial charge is 0.228 e. The van der Waals surface area contributed by atoms with Crippen LogP contribution in [0.3, 0.4) is 0 Å². The van der Waals surface area contributed by atoms with Gasteiger partial charge in [0.25, 0.3) is 0 Å². The number of pyridine rings is 1. The zero-order valence-corrected chi connectivity index (χ0v) is 8.79. The monoisotopic (exact) mass is 214 g/mol. The van der Waals surface area contributed by atoms with Crippen LogP contribution in [-0.2, 0) is 6.42 Å². The molecule has 0 saturated carbocycles. The first kappa shape index (κ1) is 10.3. The molecule has 5 heteroatoms. The molecule has 16 heavy (non-hydrogen) atoms. The highest BCUT2D eigenvalue weighted by atomic mass is 16.5. The lowest BCUT2D eigenvalue weighted by atomic mass is 10.1. The fourth-order valence-corrected chi connectivity index (χ4v) is 1.26. The van der Waals surface area contributed by atoms with Gasteiger partial charge >= 0.3 is 0 Å². The van der Waals surface area contributed by atoms with E-state index in [9.17, 15) is 0 Å². The predicted molar refractivity (Wildman–Crippen MR) is 56.0 cm³/mol. The van der Waals surface area contributed by atoms with Gasteiger partial charge in [-0.3, -0.25) is 4.98 Å². The van der Waals surface area contributed by atoms with Crippen LogP contribution >= 0.6 is 0 Å². The Morgan fingerprint density at radius 1 is 1.44 bits per heavy atom. The van der Waals surface area contributed by atoms with Gasteiger partial charge in [-0.05, 0) is 19.1 Å². The largest absolute Gasteiger partial charge is 0.339 e. The lowest BCUT2D eigenvalue weighted by molar-refractivity contribution is 0.369. The first-order valence-electron chi connectivity index (χ1n) is 4.92. The van der Waals surface area contributed by atoms with E-state index >= 15 is 0 Å². The maximum atomic E-state index is 8.67. The van der Waals surface area contributed by atoms with E-state index < -0.39 is 0 Å². The summed E-state index contributed by atoms with van der Waals surface area (Å²) in [6.07, 6.45) is 3.82. The Morgan fingerprint density at radius 2 is 2.19 bits per heavy atom. The first-order valence-corrected chi connectivity index (χ1v) is 4.92. The minimum absolute atomic E-state index is 0.120. The molecule has 0 aliphatic rings. The molecule has 0 N–H and O–H groups in total. The van der Waals surface area contributed by atoms with Crippen molar-refractivity contribution in [2.45, 2.75) is 13.3 Å². The van der Waals surface area contributed by atoms with Gasteiger partial charge in [-0.1, -0.05) is 5.16 Å². The minimum atomic E-state index is -0.120. The van der Waals surface area contributed by atoms with Crippen LogP contribution < -0.4 is 0 Å². The van der Waals surface area contributed by atoms with Crippen LogP contribution in [0.2, 0.25) is 0 Å². The van der Waals surface area contributed by atoms with Gasteiger partial charge in [-0.25, -0.2) is 0 Å². The Labute approximate surface area is 92.7 Å². The van der Waals surface area contributed by atoms with Crippen LogP contribution in [0.5, 0.6) is 0 Å². The van der Waals surface area contributed by atoms with Gasteiger partial charge in [0.2, 0.25) is 11.7 Å². The zero-order valence-electron chi connectivity index (χ0n) is 8.79. The summed E-state index contributed by atoms with van der Waals surface area (Å²) in [5.74, 6) is 0.897. The number of nitriles is 1. The number of hydrogen-bond donors (Lipinski definition) is 0. The van der Waals surface area contributed by atoms with Gasteiger partial charge < -0.3 is 4.52 Å². The van der Waals surface area contributed by atoms with Gasteiger partial charge in [0.15, 0.2) is 0 Å². The van der Waals surface area contributed by atoms with Crippen molar-refractivity contribution in [3.63, 3.8) is 0 Å². The fourth-order valence-electron chi connectivity index (χ4n) is 1.26. The Morgan fingerprint density at radius 3 is 2.88 bits per heavy atom. The van der Waals surface area contributed by atoms with Crippen molar-refractivity contribution in [3.8, 4) is 17.5 Å².